The molecule has 0 aliphatic carbocycles. The second-order valence-corrected chi connectivity index (χ2v) is 5.02. The molecule has 0 spiro atoms. The number of anilines is 1. The number of nitrogens with one attached hydrogen (secondary N) is 1. The maximum absolute atomic E-state index is 11.1. The van der Waals surface area contributed by atoms with Crippen LogP contribution in [0.3, 0.4) is 0 Å². The van der Waals surface area contributed by atoms with Crippen LogP contribution in [0.15, 0.2) is 42.5 Å². The normalized spacial score (nSPS) is 10.2. The van der Waals surface area contributed by atoms with Gasteiger partial charge in [-0.15, -0.1) is 0 Å². The Kier molecular flexibility index (Phi) is 5.06. The summed E-state index contributed by atoms with van der Waals surface area (Å²) in [6, 6.07) is 12.5. The lowest BCUT2D eigenvalue weighted by Gasteiger charge is -2.11. The van der Waals surface area contributed by atoms with Crippen LogP contribution in [-0.4, -0.2) is 24.2 Å². The minimum absolute atomic E-state index is 0.151. The number of ether oxygens (including phenoxy) is 1. The van der Waals surface area contributed by atoms with Crippen molar-refractivity contribution in [2.75, 3.05) is 18.5 Å². The molecule has 0 saturated carbocycles. The first-order valence-corrected chi connectivity index (χ1v) is 6.90. The van der Waals surface area contributed by atoms with E-state index in [1.807, 2.05) is 31.2 Å². The summed E-state index contributed by atoms with van der Waals surface area (Å²) in [5.41, 5.74) is 1.81. The minimum Gasteiger partial charge on any atom is -0.492 e. The number of carboxylic acids is 1. The third-order valence-electron chi connectivity index (χ3n) is 2.89. The monoisotopic (exact) mass is 305 g/mol. The van der Waals surface area contributed by atoms with Crippen LogP contribution in [0.1, 0.15) is 15.9 Å². The Hall–Kier alpha value is -2.20. The number of halogens is 1. The molecule has 2 aromatic carbocycles. The number of hydrogen-bond donors (Lipinski definition) is 2. The maximum atomic E-state index is 11.1. The third-order valence-corrected chi connectivity index (χ3v) is 3.12. The third kappa shape index (κ3) is 4.39. The molecule has 0 unspecified atom stereocenters. The maximum Gasteiger partial charge on any atom is 0.337 e. The van der Waals surface area contributed by atoms with Gasteiger partial charge in [-0.25, -0.2) is 4.79 Å². The summed E-state index contributed by atoms with van der Waals surface area (Å²) >= 11 is 5.80. The fourth-order valence-electron chi connectivity index (χ4n) is 1.91. The van der Waals surface area contributed by atoms with E-state index >= 15 is 0 Å². The number of carbonyl (C=O) groups is 1. The summed E-state index contributed by atoms with van der Waals surface area (Å²) in [4.78, 5) is 11.1. The Morgan fingerprint density at radius 3 is 2.81 bits per heavy atom. The number of hydrogen-bond acceptors (Lipinski definition) is 3. The highest BCUT2D eigenvalue weighted by atomic mass is 35.5. The first kappa shape index (κ1) is 15.2. The zero-order chi connectivity index (χ0) is 15.2. The fourth-order valence-corrected chi connectivity index (χ4v) is 2.08. The van der Waals surface area contributed by atoms with Crippen LogP contribution in [-0.2, 0) is 0 Å². The van der Waals surface area contributed by atoms with Crippen LogP contribution >= 0.6 is 11.6 Å². The molecule has 0 fully saturated rings. The summed E-state index contributed by atoms with van der Waals surface area (Å²) in [6.45, 7) is 2.93. The number of benzene rings is 2. The van der Waals surface area contributed by atoms with Crippen molar-refractivity contribution in [2.45, 2.75) is 6.92 Å². The minimum atomic E-state index is -1.01. The van der Waals surface area contributed by atoms with Crippen molar-refractivity contribution in [2.24, 2.45) is 0 Å². The number of rotatable bonds is 6. The summed E-state index contributed by atoms with van der Waals surface area (Å²) in [7, 11) is 0. The SMILES string of the molecule is Cc1cccc(OCCNc2ccc(Cl)cc2C(=O)O)c1. The van der Waals surface area contributed by atoms with Crippen LogP contribution in [0.2, 0.25) is 5.02 Å². The number of carboxylic acid groups (broad SMARTS) is 1. The van der Waals surface area contributed by atoms with Crippen molar-refractivity contribution in [1.29, 1.82) is 0 Å². The average Bonchev–Trinajstić information content (AvgIpc) is 2.44. The van der Waals surface area contributed by atoms with E-state index in [9.17, 15) is 4.79 Å². The van der Waals surface area contributed by atoms with Gasteiger partial charge in [-0.3, -0.25) is 0 Å². The highest BCUT2D eigenvalue weighted by molar-refractivity contribution is 6.31. The van der Waals surface area contributed by atoms with Crippen molar-refractivity contribution in [3.63, 3.8) is 0 Å². The Balaban J connectivity index is 1.90. The molecular weight excluding hydrogens is 290 g/mol. The molecule has 21 heavy (non-hydrogen) atoms. The largest absolute Gasteiger partial charge is 0.492 e. The van der Waals surface area contributed by atoms with Crippen LogP contribution in [0, 0.1) is 6.92 Å². The quantitative estimate of drug-likeness (QED) is 0.796. The van der Waals surface area contributed by atoms with Gasteiger partial charge >= 0.3 is 5.97 Å². The van der Waals surface area contributed by atoms with Gasteiger partial charge in [0.1, 0.15) is 12.4 Å². The Labute approximate surface area is 128 Å². The predicted octanol–water partition coefficient (Wildman–Crippen LogP) is 3.84. The molecule has 2 rings (SSSR count). The summed E-state index contributed by atoms with van der Waals surface area (Å²) in [5.74, 6) is -0.217. The zero-order valence-corrected chi connectivity index (χ0v) is 12.4. The molecule has 110 valence electrons. The van der Waals surface area contributed by atoms with Gasteiger partial charge in [0.05, 0.1) is 5.56 Å². The van der Waals surface area contributed by atoms with Crippen molar-refractivity contribution in [1.82, 2.24) is 0 Å². The first-order valence-electron chi connectivity index (χ1n) is 6.52. The average molecular weight is 306 g/mol. The second-order valence-electron chi connectivity index (χ2n) is 4.59. The van der Waals surface area contributed by atoms with E-state index in [0.717, 1.165) is 11.3 Å². The summed E-state index contributed by atoms with van der Waals surface area (Å²) in [5, 5.41) is 12.6. The first-order chi connectivity index (χ1) is 10.1. The van der Waals surface area contributed by atoms with Crippen molar-refractivity contribution in [3.05, 3.63) is 58.6 Å². The van der Waals surface area contributed by atoms with E-state index < -0.39 is 5.97 Å². The molecule has 0 radical (unpaired) electrons. The molecule has 0 aromatic heterocycles. The molecule has 0 atom stereocenters. The molecule has 2 N–H and O–H groups in total. The van der Waals surface area contributed by atoms with Gasteiger partial charge in [-0.05, 0) is 42.8 Å². The van der Waals surface area contributed by atoms with Gasteiger partial charge in [-0.2, -0.15) is 0 Å². The predicted molar refractivity (Wildman–Crippen MR) is 83.6 cm³/mol. The van der Waals surface area contributed by atoms with E-state index in [1.54, 1.807) is 12.1 Å². The van der Waals surface area contributed by atoms with E-state index in [1.165, 1.54) is 6.07 Å². The number of aryl methyl sites for hydroxylation is 1. The van der Waals surface area contributed by atoms with E-state index in [2.05, 4.69) is 5.32 Å². The Morgan fingerprint density at radius 1 is 1.29 bits per heavy atom. The molecular formula is C16H16ClNO3. The topological polar surface area (TPSA) is 58.6 Å². The van der Waals surface area contributed by atoms with Gasteiger partial charge < -0.3 is 15.2 Å². The lowest BCUT2D eigenvalue weighted by molar-refractivity contribution is 0.0698. The molecule has 0 saturated heterocycles. The van der Waals surface area contributed by atoms with Gasteiger partial charge in [-0.1, -0.05) is 23.7 Å². The van der Waals surface area contributed by atoms with Crippen molar-refractivity contribution < 1.29 is 14.6 Å². The second kappa shape index (κ2) is 6.99. The molecule has 0 amide bonds. The van der Waals surface area contributed by atoms with Gasteiger partial charge in [0, 0.05) is 17.3 Å². The lowest BCUT2D eigenvalue weighted by Crippen LogP contribution is -2.14. The van der Waals surface area contributed by atoms with Crippen LogP contribution in [0.5, 0.6) is 5.75 Å². The standard InChI is InChI=1S/C16H16ClNO3/c1-11-3-2-4-13(9-11)21-8-7-18-15-6-5-12(17)10-14(15)16(19)20/h2-6,9-10,18H,7-8H2,1H3,(H,19,20). The van der Waals surface area contributed by atoms with Crippen LogP contribution < -0.4 is 10.1 Å². The molecule has 0 aliphatic heterocycles. The molecule has 0 aliphatic rings. The molecule has 4 nitrogen and oxygen atoms in total. The molecule has 0 bridgehead atoms. The summed E-state index contributed by atoms with van der Waals surface area (Å²) in [6.07, 6.45) is 0. The number of aromatic carboxylic acids is 1. The lowest BCUT2D eigenvalue weighted by atomic mass is 10.2. The van der Waals surface area contributed by atoms with Crippen LogP contribution in [0.4, 0.5) is 5.69 Å². The Bertz CT molecular complexity index is 643. The fraction of sp³-hybridized carbons (Fsp3) is 0.188. The highest BCUT2D eigenvalue weighted by Crippen LogP contribution is 2.20. The Morgan fingerprint density at radius 2 is 2.10 bits per heavy atom. The summed E-state index contributed by atoms with van der Waals surface area (Å²) < 4.78 is 5.60. The van der Waals surface area contributed by atoms with E-state index in [-0.39, 0.29) is 5.56 Å². The van der Waals surface area contributed by atoms with Gasteiger partial charge in [0.25, 0.3) is 0 Å². The smallest absolute Gasteiger partial charge is 0.337 e. The van der Waals surface area contributed by atoms with E-state index in [4.69, 9.17) is 21.4 Å². The van der Waals surface area contributed by atoms with Gasteiger partial charge in [0.15, 0.2) is 0 Å². The van der Waals surface area contributed by atoms with E-state index in [0.29, 0.717) is 23.9 Å². The zero-order valence-electron chi connectivity index (χ0n) is 11.6. The van der Waals surface area contributed by atoms with Gasteiger partial charge in [0.2, 0.25) is 0 Å². The van der Waals surface area contributed by atoms with Crippen molar-refractivity contribution >= 4 is 23.3 Å². The van der Waals surface area contributed by atoms with Crippen LogP contribution in [0.25, 0.3) is 0 Å². The molecule has 2 aromatic rings. The molecule has 0 heterocycles. The highest BCUT2D eigenvalue weighted by Gasteiger charge is 2.10. The molecule has 5 heteroatoms. The van der Waals surface area contributed by atoms with Crippen molar-refractivity contribution in [3.8, 4) is 5.75 Å².